The van der Waals surface area contributed by atoms with Crippen molar-refractivity contribution in [1.29, 1.82) is 0 Å². The molecule has 2 aliphatic heterocycles. The Hall–Kier alpha value is -1.65. The van der Waals surface area contributed by atoms with Gasteiger partial charge >= 0.3 is 0 Å². The number of hydrogen-bond donors (Lipinski definition) is 1. The molecule has 2 saturated heterocycles. The second kappa shape index (κ2) is 6.93. The number of aromatic nitrogens is 2. The van der Waals surface area contributed by atoms with Crippen LogP contribution in [0.3, 0.4) is 0 Å². The smallest absolute Gasteiger partial charge is 0.0956 e. The number of fused-ring (bicyclic) bond motifs is 2. The number of aryl methyl sites for hydroxylation is 1. The van der Waals surface area contributed by atoms with Crippen molar-refractivity contribution >= 4 is 0 Å². The Bertz CT molecular complexity index is 682. The molecular formula is C21H29N3O. The summed E-state index contributed by atoms with van der Waals surface area (Å²) in [4.78, 5) is 2.64. The zero-order valence-electron chi connectivity index (χ0n) is 15.1. The lowest BCUT2D eigenvalue weighted by Crippen LogP contribution is -2.56. The molecule has 3 heterocycles. The Morgan fingerprint density at radius 3 is 2.56 bits per heavy atom. The quantitative estimate of drug-likeness (QED) is 0.903. The normalized spacial score (nSPS) is 29.7. The van der Waals surface area contributed by atoms with Crippen molar-refractivity contribution in [2.24, 2.45) is 0 Å². The van der Waals surface area contributed by atoms with Crippen LogP contribution in [0.5, 0.6) is 0 Å². The zero-order chi connectivity index (χ0) is 17.3. The highest BCUT2D eigenvalue weighted by molar-refractivity contribution is 5.20. The Balaban J connectivity index is 1.53. The van der Waals surface area contributed by atoms with Crippen molar-refractivity contribution in [3.63, 3.8) is 0 Å². The molecule has 1 aromatic carbocycles. The predicted molar refractivity (Wildman–Crippen MR) is 99.1 cm³/mol. The van der Waals surface area contributed by atoms with Crippen LogP contribution in [0.15, 0.2) is 42.7 Å². The first-order valence-corrected chi connectivity index (χ1v) is 9.73. The lowest BCUT2D eigenvalue weighted by molar-refractivity contribution is -0.0999. The molecule has 4 heteroatoms. The fraction of sp³-hybridized carbons (Fsp3) is 0.571. The minimum atomic E-state index is -0.713. The number of piperidine rings is 2. The van der Waals surface area contributed by atoms with Gasteiger partial charge in [-0.1, -0.05) is 43.7 Å². The molecule has 4 nitrogen and oxygen atoms in total. The summed E-state index contributed by atoms with van der Waals surface area (Å²) in [5, 5.41) is 15.9. The second-order valence-electron chi connectivity index (χ2n) is 7.83. The molecule has 2 fully saturated rings. The summed E-state index contributed by atoms with van der Waals surface area (Å²) >= 11 is 0. The number of benzene rings is 1. The van der Waals surface area contributed by atoms with Crippen molar-refractivity contribution in [3.8, 4) is 0 Å². The van der Waals surface area contributed by atoms with E-state index in [1.807, 2.05) is 10.9 Å². The van der Waals surface area contributed by atoms with Gasteiger partial charge in [0, 0.05) is 36.9 Å². The van der Waals surface area contributed by atoms with Crippen molar-refractivity contribution in [2.75, 3.05) is 0 Å². The highest BCUT2D eigenvalue weighted by atomic mass is 16.3. The fourth-order valence-electron chi connectivity index (χ4n) is 4.76. The number of nitrogens with zero attached hydrogens (tertiary/aromatic N) is 3. The van der Waals surface area contributed by atoms with Gasteiger partial charge in [0.25, 0.3) is 0 Å². The first-order chi connectivity index (χ1) is 12.2. The number of aliphatic hydroxyl groups is 1. The van der Waals surface area contributed by atoms with Crippen LogP contribution in [0.4, 0.5) is 0 Å². The summed E-state index contributed by atoms with van der Waals surface area (Å²) in [6.07, 6.45) is 10.3. The van der Waals surface area contributed by atoms with Gasteiger partial charge in [-0.05, 0) is 37.7 Å². The van der Waals surface area contributed by atoms with Crippen LogP contribution in [0.2, 0.25) is 0 Å². The summed E-state index contributed by atoms with van der Waals surface area (Å²) in [5.74, 6) is 0. The monoisotopic (exact) mass is 339 g/mol. The van der Waals surface area contributed by atoms with Gasteiger partial charge < -0.3 is 5.11 Å². The Labute approximate surface area is 150 Å². The minimum Gasteiger partial charge on any atom is -0.385 e. The molecule has 2 atom stereocenters. The van der Waals surface area contributed by atoms with Gasteiger partial charge in [0.15, 0.2) is 0 Å². The van der Waals surface area contributed by atoms with Crippen molar-refractivity contribution in [3.05, 3.63) is 53.9 Å². The van der Waals surface area contributed by atoms with Gasteiger partial charge in [0.2, 0.25) is 0 Å². The molecule has 1 N–H and O–H groups in total. The van der Waals surface area contributed by atoms with Crippen molar-refractivity contribution < 1.29 is 5.11 Å². The molecule has 0 amide bonds. The Morgan fingerprint density at radius 2 is 1.88 bits per heavy atom. The molecule has 2 unspecified atom stereocenters. The fourth-order valence-corrected chi connectivity index (χ4v) is 4.76. The van der Waals surface area contributed by atoms with Crippen molar-refractivity contribution in [2.45, 2.75) is 76.2 Å². The van der Waals surface area contributed by atoms with Crippen LogP contribution in [-0.4, -0.2) is 31.9 Å². The van der Waals surface area contributed by atoms with Gasteiger partial charge in [-0.2, -0.15) is 5.10 Å². The third-order valence-corrected chi connectivity index (χ3v) is 5.99. The van der Waals surface area contributed by atoms with E-state index >= 15 is 0 Å². The molecule has 25 heavy (non-hydrogen) atoms. The maximum absolute atomic E-state index is 11.4. The summed E-state index contributed by atoms with van der Waals surface area (Å²) in [6.45, 7) is 4.08. The van der Waals surface area contributed by atoms with Crippen LogP contribution in [0.1, 0.15) is 56.6 Å². The average molecular weight is 339 g/mol. The van der Waals surface area contributed by atoms with E-state index in [0.717, 1.165) is 37.9 Å². The maximum Gasteiger partial charge on any atom is 0.0956 e. The van der Waals surface area contributed by atoms with E-state index in [1.165, 1.54) is 24.8 Å². The average Bonchev–Trinajstić information content (AvgIpc) is 3.07. The van der Waals surface area contributed by atoms with E-state index in [-0.39, 0.29) is 0 Å². The van der Waals surface area contributed by atoms with Gasteiger partial charge in [0.1, 0.15) is 0 Å². The van der Waals surface area contributed by atoms with Crippen LogP contribution < -0.4 is 0 Å². The highest BCUT2D eigenvalue weighted by Gasteiger charge is 2.46. The molecule has 134 valence electrons. The summed E-state index contributed by atoms with van der Waals surface area (Å²) < 4.78 is 1.97. The number of hydrogen-bond acceptors (Lipinski definition) is 3. The molecule has 4 rings (SSSR count). The zero-order valence-corrected chi connectivity index (χ0v) is 15.1. The summed E-state index contributed by atoms with van der Waals surface area (Å²) in [6, 6.07) is 11.7. The molecule has 0 saturated carbocycles. The largest absolute Gasteiger partial charge is 0.385 e. The van der Waals surface area contributed by atoms with E-state index < -0.39 is 5.60 Å². The molecule has 2 aromatic rings. The second-order valence-corrected chi connectivity index (χ2v) is 7.83. The lowest BCUT2D eigenvalue weighted by atomic mass is 9.73. The van der Waals surface area contributed by atoms with Crippen molar-refractivity contribution in [1.82, 2.24) is 14.7 Å². The molecule has 1 aromatic heterocycles. The van der Waals surface area contributed by atoms with Crippen LogP contribution in [0, 0.1) is 0 Å². The van der Waals surface area contributed by atoms with E-state index in [4.69, 9.17) is 0 Å². The standard InChI is InChI=1S/C21H29N3O/c1-2-11-23-16-18(14-22-23)21(25)12-19-9-6-10-20(13-21)24(19)15-17-7-4-3-5-8-17/h3-5,7-8,14,16,19-20,25H,2,6,9-13,15H2,1H3. The highest BCUT2D eigenvalue weighted by Crippen LogP contribution is 2.44. The topological polar surface area (TPSA) is 41.3 Å². The minimum absolute atomic E-state index is 0.465. The predicted octanol–water partition coefficient (Wildman–Crippen LogP) is 3.70. The van der Waals surface area contributed by atoms with Crippen LogP contribution in [0.25, 0.3) is 0 Å². The Morgan fingerprint density at radius 1 is 1.16 bits per heavy atom. The van der Waals surface area contributed by atoms with Gasteiger partial charge in [-0.25, -0.2) is 0 Å². The van der Waals surface area contributed by atoms with Gasteiger partial charge in [0.05, 0.1) is 11.8 Å². The third-order valence-electron chi connectivity index (χ3n) is 5.99. The lowest BCUT2D eigenvalue weighted by Gasteiger charge is -2.52. The molecule has 0 spiro atoms. The van der Waals surface area contributed by atoms with E-state index in [2.05, 4.69) is 53.5 Å². The van der Waals surface area contributed by atoms with Gasteiger partial charge in [-0.15, -0.1) is 0 Å². The van der Waals surface area contributed by atoms with Crippen LogP contribution in [-0.2, 0) is 18.7 Å². The van der Waals surface area contributed by atoms with Gasteiger partial charge in [-0.3, -0.25) is 9.58 Å². The molecule has 2 aliphatic rings. The van der Waals surface area contributed by atoms with E-state index in [1.54, 1.807) is 0 Å². The first kappa shape index (κ1) is 16.8. The Kier molecular flexibility index (Phi) is 4.65. The molecule has 2 bridgehead atoms. The van der Waals surface area contributed by atoms with E-state index in [0.29, 0.717) is 12.1 Å². The molecular weight excluding hydrogens is 310 g/mol. The van der Waals surface area contributed by atoms with Crippen LogP contribution >= 0.6 is 0 Å². The SMILES string of the molecule is CCCn1cc(C2(O)CC3CCCC(C2)N3Cc2ccccc2)cn1. The molecule has 0 aliphatic carbocycles. The van der Waals surface area contributed by atoms with E-state index in [9.17, 15) is 5.11 Å². The maximum atomic E-state index is 11.4. The third kappa shape index (κ3) is 3.38. The first-order valence-electron chi connectivity index (χ1n) is 9.73. The number of rotatable bonds is 5. The molecule has 0 radical (unpaired) electrons. The summed E-state index contributed by atoms with van der Waals surface area (Å²) in [7, 11) is 0. The summed E-state index contributed by atoms with van der Waals surface area (Å²) in [5.41, 5.74) is 1.67.